The third-order valence-electron chi connectivity index (χ3n) is 7.19. The van der Waals surface area contributed by atoms with E-state index >= 15 is 0 Å². The predicted molar refractivity (Wildman–Crippen MR) is 145 cm³/mol. The van der Waals surface area contributed by atoms with Crippen molar-refractivity contribution >= 4 is 22.6 Å². The number of nitrogens with two attached hydrogens (primary N) is 1. The van der Waals surface area contributed by atoms with Gasteiger partial charge in [0.05, 0.1) is 16.6 Å². The zero-order valence-corrected chi connectivity index (χ0v) is 20.9. The van der Waals surface area contributed by atoms with Crippen LogP contribution in [0.2, 0.25) is 0 Å². The van der Waals surface area contributed by atoms with E-state index in [1.165, 1.54) is 0 Å². The van der Waals surface area contributed by atoms with Crippen LogP contribution in [0.4, 0.5) is 5.82 Å². The number of hydrogen-bond acceptors (Lipinski definition) is 6. The number of nitrogen functional groups attached to an aromatic ring is 1. The number of carbonyl (C=O) groups is 1. The molecule has 2 aliphatic rings. The van der Waals surface area contributed by atoms with Crippen LogP contribution in [-0.2, 0) is 11.2 Å². The van der Waals surface area contributed by atoms with Gasteiger partial charge in [0.15, 0.2) is 5.82 Å². The van der Waals surface area contributed by atoms with Crippen molar-refractivity contribution in [1.82, 2.24) is 20.1 Å². The Hall–Kier alpha value is -4.64. The van der Waals surface area contributed by atoms with Gasteiger partial charge in [0.2, 0.25) is 0 Å². The quantitative estimate of drug-likeness (QED) is 0.257. The van der Waals surface area contributed by atoms with Crippen molar-refractivity contribution in [3.05, 3.63) is 78.0 Å². The Morgan fingerprint density at radius 1 is 1.13 bits per heavy atom. The molecule has 3 N–H and O–H groups in total. The molecule has 8 nitrogen and oxygen atoms in total. The Morgan fingerprint density at radius 3 is 2.63 bits per heavy atom. The zero-order chi connectivity index (χ0) is 26.1. The number of nitrogens with zero attached hydrogens (tertiary/aromatic N) is 4. The second kappa shape index (κ2) is 10.0. The maximum atomic E-state index is 13.2. The number of hydrogen-bond donors (Lipinski definition) is 2. The highest BCUT2D eigenvalue weighted by molar-refractivity contribution is 6.00. The maximum absolute atomic E-state index is 13.2. The number of pyridine rings is 1. The zero-order valence-electron chi connectivity index (χ0n) is 20.9. The lowest BCUT2D eigenvalue weighted by atomic mass is 10.0. The van der Waals surface area contributed by atoms with Gasteiger partial charge < -0.3 is 15.4 Å². The van der Waals surface area contributed by atoms with E-state index in [0.29, 0.717) is 24.7 Å². The van der Waals surface area contributed by atoms with E-state index in [2.05, 4.69) is 16.3 Å². The summed E-state index contributed by atoms with van der Waals surface area (Å²) in [6.45, 7) is 0.655. The summed E-state index contributed by atoms with van der Waals surface area (Å²) in [5.74, 6) is 2.09. The van der Waals surface area contributed by atoms with Crippen molar-refractivity contribution in [3.8, 4) is 28.8 Å². The molecule has 0 spiro atoms. The second-order valence-electron chi connectivity index (χ2n) is 9.96. The number of H-pyrrole nitrogens is 1. The van der Waals surface area contributed by atoms with Gasteiger partial charge >= 0.3 is 0 Å². The molecule has 1 aliphatic heterocycles. The lowest BCUT2D eigenvalue weighted by molar-refractivity contribution is -0.127. The van der Waals surface area contributed by atoms with Gasteiger partial charge in [-0.25, -0.2) is 0 Å². The number of likely N-dealkylation sites (tertiary alicyclic amines) is 1. The Bertz CT molecular complexity index is 1550. The lowest BCUT2D eigenvalue weighted by Crippen LogP contribution is -2.37. The Kier molecular flexibility index (Phi) is 6.26. The molecule has 1 atom stereocenters. The topological polar surface area (TPSA) is 121 Å². The number of aromatic amines is 1. The molecule has 0 bridgehead atoms. The Morgan fingerprint density at radius 2 is 1.89 bits per heavy atom. The third kappa shape index (κ3) is 4.83. The molecular formula is C30H28N6O2. The summed E-state index contributed by atoms with van der Waals surface area (Å²) in [5.41, 5.74) is 9.75. The van der Waals surface area contributed by atoms with Gasteiger partial charge in [0, 0.05) is 30.3 Å². The molecule has 3 heterocycles. The van der Waals surface area contributed by atoms with E-state index in [1.54, 1.807) is 0 Å². The average Bonchev–Trinajstić information content (AvgIpc) is 3.52. The van der Waals surface area contributed by atoms with E-state index < -0.39 is 0 Å². The summed E-state index contributed by atoms with van der Waals surface area (Å²) in [6, 6.07) is 21.4. The number of allylic oxidation sites excluding steroid dienone is 1. The molecule has 4 aromatic rings. The number of carbonyl (C=O) groups excluding carboxylic acids is 1. The first-order valence-electron chi connectivity index (χ1n) is 13.0. The van der Waals surface area contributed by atoms with Gasteiger partial charge in [-0.15, -0.1) is 0 Å². The van der Waals surface area contributed by atoms with E-state index in [1.807, 2.05) is 71.6 Å². The fourth-order valence-electron chi connectivity index (χ4n) is 5.11. The van der Waals surface area contributed by atoms with E-state index in [0.717, 1.165) is 65.0 Å². The molecule has 1 saturated carbocycles. The normalized spacial score (nSPS) is 17.5. The fraction of sp³-hybridized carbons (Fsp3) is 0.267. The van der Waals surface area contributed by atoms with E-state index in [9.17, 15) is 10.1 Å². The monoisotopic (exact) mass is 504 g/mol. The maximum Gasteiger partial charge on any atom is 0.264 e. The molecule has 1 saturated heterocycles. The highest BCUT2D eigenvalue weighted by Gasteiger charge is 2.32. The first-order valence-corrected chi connectivity index (χ1v) is 13.0. The van der Waals surface area contributed by atoms with Crippen molar-refractivity contribution in [1.29, 1.82) is 5.26 Å². The molecule has 2 fully saturated rings. The second-order valence-corrected chi connectivity index (χ2v) is 9.96. The third-order valence-corrected chi connectivity index (χ3v) is 7.19. The van der Waals surface area contributed by atoms with Crippen molar-refractivity contribution < 1.29 is 9.53 Å². The van der Waals surface area contributed by atoms with Crippen LogP contribution >= 0.6 is 0 Å². The van der Waals surface area contributed by atoms with Gasteiger partial charge in [-0.2, -0.15) is 10.4 Å². The molecule has 1 aliphatic carbocycles. The van der Waals surface area contributed by atoms with Gasteiger partial charge in [-0.3, -0.25) is 14.9 Å². The molecule has 8 heteroatoms. The minimum atomic E-state index is -0.164. The van der Waals surface area contributed by atoms with E-state index in [4.69, 9.17) is 15.5 Å². The van der Waals surface area contributed by atoms with Gasteiger partial charge in [0.25, 0.3) is 5.91 Å². The number of rotatable bonds is 7. The molecule has 1 amide bonds. The number of fused-ring (bicyclic) bond motifs is 1. The van der Waals surface area contributed by atoms with Crippen molar-refractivity contribution in [2.75, 3.05) is 12.3 Å². The van der Waals surface area contributed by atoms with Crippen LogP contribution in [0.5, 0.6) is 11.5 Å². The van der Waals surface area contributed by atoms with Crippen molar-refractivity contribution in [2.45, 2.75) is 38.1 Å². The van der Waals surface area contributed by atoms with Crippen LogP contribution in [0.1, 0.15) is 31.4 Å². The minimum Gasteiger partial charge on any atom is -0.457 e. The molecule has 2 aromatic heterocycles. The predicted octanol–water partition coefficient (Wildman–Crippen LogP) is 5.39. The molecule has 2 aromatic carbocycles. The number of nitrogens with one attached hydrogen (secondary N) is 1. The average molecular weight is 505 g/mol. The van der Waals surface area contributed by atoms with Gasteiger partial charge in [-0.1, -0.05) is 24.3 Å². The summed E-state index contributed by atoms with van der Waals surface area (Å²) in [6.07, 6.45) is 6.33. The van der Waals surface area contributed by atoms with Crippen LogP contribution < -0.4 is 10.5 Å². The molecule has 190 valence electrons. The number of amides is 1. The Labute approximate surface area is 220 Å². The Balaban J connectivity index is 1.28. The smallest absolute Gasteiger partial charge is 0.264 e. The lowest BCUT2D eigenvalue weighted by Gasteiger charge is -2.24. The molecular weight excluding hydrogens is 476 g/mol. The fourth-order valence-corrected chi connectivity index (χ4v) is 5.11. The summed E-state index contributed by atoms with van der Waals surface area (Å²) >= 11 is 0. The minimum absolute atomic E-state index is 0.0156. The summed E-state index contributed by atoms with van der Waals surface area (Å²) in [4.78, 5) is 20.0. The number of aromatic nitrogens is 3. The standard InChI is InChI=1S/C30H28N6O2/c31-18-21(15-19-8-9-19)30(37)36-14-4-5-23(36)16-22-17-26-27(29(32)35-34-26)28(33-22)20-10-12-25(13-11-20)38-24-6-2-1-3-7-24/h1-3,6-7,10-13,15,17,19,23H,4-5,8-9,14,16H2,(H3,32,34,35)/t23-/m1/s1. The van der Waals surface area contributed by atoms with Crippen LogP contribution in [0.15, 0.2) is 72.3 Å². The highest BCUT2D eigenvalue weighted by Crippen LogP contribution is 2.34. The number of ether oxygens (including phenoxy) is 1. The number of nitriles is 1. The van der Waals surface area contributed by atoms with Crippen molar-refractivity contribution in [2.24, 2.45) is 5.92 Å². The summed E-state index contributed by atoms with van der Waals surface area (Å²) < 4.78 is 5.94. The van der Waals surface area contributed by atoms with Gasteiger partial charge in [0.1, 0.15) is 23.1 Å². The van der Waals surface area contributed by atoms with Crippen LogP contribution in [0.25, 0.3) is 22.2 Å². The first-order chi connectivity index (χ1) is 18.6. The molecule has 6 rings (SSSR count). The first kappa shape index (κ1) is 23.7. The highest BCUT2D eigenvalue weighted by atomic mass is 16.5. The number of benzene rings is 2. The van der Waals surface area contributed by atoms with Crippen LogP contribution in [-0.4, -0.2) is 38.6 Å². The van der Waals surface area contributed by atoms with Crippen LogP contribution in [0.3, 0.4) is 0 Å². The van der Waals surface area contributed by atoms with Crippen molar-refractivity contribution in [3.63, 3.8) is 0 Å². The molecule has 0 radical (unpaired) electrons. The molecule has 0 unspecified atom stereocenters. The molecule has 38 heavy (non-hydrogen) atoms. The van der Waals surface area contributed by atoms with Crippen LogP contribution in [0, 0.1) is 17.2 Å². The summed E-state index contributed by atoms with van der Waals surface area (Å²) in [7, 11) is 0. The SMILES string of the molecule is N#CC(=CC1CC1)C(=O)N1CCC[C@@H]1Cc1cc2[nH]nc(N)c2c(-c2ccc(Oc3ccccc3)cc2)n1. The largest absolute Gasteiger partial charge is 0.457 e. The number of para-hydroxylation sites is 1. The van der Waals surface area contributed by atoms with Gasteiger partial charge in [-0.05, 0) is 74.1 Å². The van der Waals surface area contributed by atoms with E-state index in [-0.39, 0.29) is 17.5 Å². The number of anilines is 1. The summed E-state index contributed by atoms with van der Waals surface area (Å²) in [5, 5.41) is 17.6.